The van der Waals surface area contributed by atoms with Gasteiger partial charge in [-0.05, 0) is 17.7 Å². The first kappa shape index (κ1) is 13.5. The zero-order chi connectivity index (χ0) is 11.9. The van der Waals surface area contributed by atoms with Gasteiger partial charge in [-0.2, -0.15) is 20.2 Å². The number of hydrogen-bond donors (Lipinski definition) is 0. The van der Waals surface area contributed by atoms with Crippen molar-refractivity contribution in [1.82, 2.24) is 0 Å². The summed E-state index contributed by atoms with van der Waals surface area (Å²) in [6.45, 7) is 0.262. The normalized spacial score (nSPS) is 11.6. The molecule has 1 aromatic rings. The summed E-state index contributed by atoms with van der Waals surface area (Å²) < 4.78 is 25.9. The van der Waals surface area contributed by atoms with Gasteiger partial charge in [-0.25, -0.2) is 0 Å². The average molecular weight is 260 g/mol. The fourth-order valence-electron chi connectivity index (χ4n) is 1.18. The molecule has 0 spiro atoms. The molecule has 0 radical (unpaired) electrons. The summed E-state index contributed by atoms with van der Waals surface area (Å²) in [5.74, 6) is 1.69. The van der Waals surface area contributed by atoms with E-state index in [2.05, 4.69) is 16.3 Å². The predicted molar refractivity (Wildman–Crippen MR) is 68.3 cm³/mol. The van der Waals surface area contributed by atoms with Crippen molar-refractivity contribution in [2.45, 2.75) is 6.42 Å². The van der Waals surface area contributed by atoms with Crippen LogP contribution in [0.5, 0.6) is 0 Å². The van der Waals surface area contributed by atoms with Gasteiger partial charge in [0.05, 0.1) is 12.9 Å². The van der Waals surface area contributed by atoms with Crippen LogP contribution in [0.15, 0.2) is 30.3 Å². The van der Waals surface area contributed by atoms with E-state index >= 15 is 0 Å². The molecule has 0 unspecified atom stereocenters. The van der Waals surface area contributed by atoms with E-state index in [4.69, 9.17) is 0 Å². The molecule has 0 aliphatic carbocycles. The van der Waals surface area contributed by atoms with E-state index in [1.54, 1.807) is 11.8 Å². The van der Waals surface area contributed by atoms with Crippen molar-refractivity contribution in [3.8, 4) is 0 Å². The fourth-order valence-corrected chi connectivity index (χ4v) is 2.46. The lowest BCUT2D eigenvalue weighted by molar-refractivity contribution is 0.345. The second kappa shape index (κ2) is 6.93. The highest BCUT2D eigenvalue weighted by molar-refractivity contribution is 7.99. The highest BCUT2D eigenvalue weighted by Crippen LogP contribution is 2.07. The smallest absolute Gasteiger partial charge is 0.264 e. The van der Waals surface area contributed by atoms with Crippen LogP contribution in [0.25, 0.3) is 0 Å². The van der Waals surface area contributed by atoms with Gasteiger partial charge in [-0.3, -0.25) is 4.18 Å². The standard InChI is InChI=1S/C11H16O3S2/c1-16(12,13)14-8-10-15-9-7-11-5-3-2-4-6-11/h2-6H,7-10H2,1H3. The highest BCUT2D eigenvalue weighted by Gasteiger charge is 2.00. The molecule has 1 aromatic carbocycles. The Morgan fingerprint density at radius 3 is 2.50 bits per heavy atom. The Labute approximate surface area is 101 Å². The topological polar surface area (TPSA) is 43.4 Å². The van der Waals surface area contributed by atoms with Gasteiger partial charge in [0.2, 0.25) is 0 Å². The Bertz CT molecular complexity index is 387. The lowest BCUT2D eigenvalue weighted by atomic mass is 10.2. The molecule has 0 atom stereocenters. The molecule has 0 bridgehead atoms. The first-order valence-corrected chi connectivity index (χ1v) is 8.01. The van der Waals surface area contributed by atoms with Gasteiger partial charge in [-0.15, -0.1) is 0 Å². The Kier molecular flexibility index (Phi) is 5.87. The molecule has 0 aliphatic rings. The molecule has 0 N–H and O–H groups in total. The SMILES string of the molecule is CS(=O)(=O)OCCSCCc1ccccc1. The highest BCUT2D eigenvalue weighted by atomic mass is 32.2. The Morgan fingerprint density at radius 2 is 1.88 bits per heavy atom. The maximum absolute atomic E-state index is 10.7. The first-order valence-electron chi connectivity index (χ1n) is 5.04. The van der Waals surface area contributed by atoms with Gasteiger partial charge < -0.3 is 0 Å². The van der Waals surface area contributed by atoms with E-state index in [1.807, 2.05) is 18.2 Å². The third-order valence-electron chi connectivity index (χ3n) is 1.90. The molecule has 1 rings (SSSR count). The molecule has 3 nitrogen and oxygen atoms in total. The van der Waals surface area contributed by atoms with E-state index in [0.717, 1.165) is 18.4 Å². The third-order valence-corrected chi connectivity index (χ3v) is 3.45. The van der Waals surface area contributed by atoms with Crippen molar-refractivity contribution >= 4 is 21.9 Å². The molecule has 90 valence electrons. The lowest BCUT2D eigenvalue weighted by Gasteiger charge is -2.02. The minimum absolute atomic E-state index is 0.262. The third kappa shape index (κ3) is 6.87. The molecule has 0 saturated heterocycles. The molecule has 0 amide bonds. The Morgan fingerprint density at radius 1 is 1.19 bits per heavy atom. The van der Waals surface area contributed by atoms with Crippen molar-refractivity contribution in [3.05, 3.63) is 35.9 Å². The predicted octanol–water partition coefficient (Wildman–Crippen LogP) is 1.94. The molecular weight excluding hydrogens is 244 g/mol. The van der Waals surface area contributed by atoms with Crippen LogP contribution >= 0.6 is 11.8 Å². The molecule has 0 aliphatic heterocycles. The van der Waals surface area contributed by atoms with Crippen LogP contribution < -0.4 is 0 Å². The monoisotopic (exact) mass is 260 g/mol. The van der Waals surface area contributed by atoms with Gasteiger partial charge >= 0.3 is 0 Å². The number of hydrogen-bond acceptors (Lipinski definition) is 4. The zero-order valence-corrected chi connectivity index (χ0v) is 10.9. The van der Waals surface area contributed by atoms with E-state index < -0.39 is 10.1 Å². The zero-order valence-electron chi connectivity index (χ0n) is 9.26. The summed E-state index contributed by atoms with van der Waals surface area (Å²) >= 11 is 1.70. The molecule has 0 saturated carbocycles. The van der Waals surface area contributed by atoms with Gasteiger partial charge in [-0.1, -0.05) is 30.3 Å². The minimum atomic E-state index is -3.28. The second-order valence-corrected chi connectivity index (χ2v) is 6.24. The quantitative estimate of drug-likeness (QED) is 0.555. The van der Waals surface area contributed by atoms with E-state index in [-0.39, 0.29) is 6.61 Å². The van der Waals surface area contributed by atoms with Crippen LogP contribution in [0, 0.1) is 0 Å². The van der Waals surface area contributed by atoms with Crippen molar-refractivity contribution in [3.63, 3.8) is 0 Å². The van der Waals surface area contributed by atoms with E-state index in [0.29, 0.717) is 5.75 Å². The summed E-state index contributed by atoms with van der Waals surface area (Å²) in [6, 6.07) is 10.2. The molecule has 0 heterocycles. The van der Waals surface area contributed by atoms with E-state index in [9.17, 15) is 8.42 Å². The molecule has 16 heavy (non-hydrogen) atoms. The van der Waals surface area contributed by atoms with Crippen LogP contribution in [0.2, 0.25) is 0 Å². The number of thioether (sulfide) groups is 1. The number of benzene rings is 1. The average Bonchev–Trinajstić information content (AvgIpc) is 2.23. The largest absolute Gasteiger partial charge is 0.269 e. The van der Waals surface area contributed by atoms with Crippen molar-refractivity contribution in [2.75, 3.05) is 24.4 Å². The van der Waals surface area contributed by atoms with Gasteiger partial charge in [0.15, 0.2) is 0 Å². The summed E-state index contributed by atoms with van der Waals surface area (Å²) in [5.41, 5.74) is 1.30. The van der Waals surface area contributed by atoms with Gasteiger partial charge in [0, 0.05) is 5.75 Å². The van der Waals surface area contributed by atoms with Crippen LogP contribution in [0.1, 0.15) is 5.56 Å². The Balaban J connectivity index is 2.05. The van der Waals surface area contributed by atoms with Gasteiger partial charge in [0.1, 0.15) is 0 Å². The summed E-state index contributed by atoms with van der Waals surface area (Å²) in [4.78, 5) is 0. The summed E-state index contributed by atoms with van der Waals surface area (Å²) in [7, 11) is -3.28. The van der Waals surface area contributed by atoms with Crippen LogP contribution in [0.4, 0.5) is 0 Å². The van der Waals surface area contributed by atoms with Gasteiger partial charge in [0.25, 0.3) is 10.1 Å². The number of aryl methyl sites for hydroxylation is 1. The van der Waals surface area contributed by atoms with Crippen LogP contribution in [-0.4, -0.2) is 32.8 Å². The van der Waals surface area contributed by atoms with Crippen LogP contribution in [0.3, 0.4) is 0 Å². The van der Waals surface area contributed by atoms with Crippen LogP contribution in [-0.2, 0) is 20.7 Å². The first-order chi connectivity index (χ1) is 7.58. The summed E-state index contributed by atoms with van der Waals surface area (Å²) in [5, 5.41) is 0. The summed E-state index contributed by atoms with van der Waals surface area (Å²) in [6.07, 6.45) is 2.08. The Hall–Kier alpha value is -0.520. The molecule has 0 aromatic heterocycles. The fraction of sp³-hybridized carbons (Fsp3) is 0.455. The van der Waals surface area contributed by atoms with Crippen molar-refractivity contribution in [2.24, 2.45) is 0 Å². The lowest BCUT2D eigenvalue weighted by Crippen LogP contribution is -2.06. The second-order valence-electron chi connectivity index (χ2n) is 3.37. The van der Waals surface area contributed by atoms with E-state index in [1.165, 1.54) is 5.56 Å². The maximum Gasteiger partial charge on any atom is 0.264 e. The molecular formula is C11H16O3S2. The van der Waals surface area contributed by atoms with Crippen molar-refractivity contribution < 1.29 is 12.6 Å². The minimum Gasteiger partial charge on any atom is -0.269 e. The number of rotatable bonds is 7. The molecule has 0 fully saturated rings. The maximum atomic E-state index is 10.7. The van der Waals surface area contributed by atoms with Crippen molar-refractivity contribution in [1.29, 1.82) is 0 Å². The molecule has 5 heteroatoms.